The first-order chi connectivity index (χ1) is 10.4. The van der Waals surface area contributed by atoms with Gasteiger partial charge in [-0.1, -0.05) is 26.0 Å². The number of anilines is 1. The van der Waals surface area contributed by atoms with Crippen LogP contribution >= 0.6 is 0 Å². The van der Waals surface area contributed by atoms with Gasteiger partial charge in [-0.3, -0.25) is 4.79 Å². The summed E-state index contributed by atoms with van der Waals surface area (Å²) in [5.41, 5.74) is 2.16. The predicted octanol–water partition coefficient (Wildman–Crippen LogP) is 1.83. The van der Waals surface area contributed by atoms with Crippen molar-refractivity contribution in [2.45, 2.75) is 58.8 Å². The molecule has 0 radical (unpaired) electrons. The fourth-order valence-electron chi connectivity index (χ4n) is 3.06. The molecule has 4 atom stereocenters. The largest absolute Gasteiger partial charge is 0.364 e. The molecule has 1 amide bonds. The molecular weight excluding hydrogens is 276 g/mol. The maximum Gasteiger partial charge on any atom is 0.282 e. The Hall–Kier alpha value is -1.39. The fraction of sp³-hybridized carbons (Fsp3) is 0.611. The van der Waals surface area contributed by atoms with Gasteiger partial charge < -0.3 is 15.0 Å². The first-order valence-electron chi connectivity index (χ1n) is 8.27. The molecule has 1 fully saturated rings. The summed E-state index contributed by atoms with van der Waals surface area (Å²) in [6.07, 6.45) is 0.415. The maximum absolute atomic E-state index is 12.5. The third-order valence-corrected chi connectivity index (χ3v) is 4.41. The number of hydrogen-bond donors (Lipinski definition) is 2. The zero-order valence-electron chi connectivity index (χ0n) is 14.3. The second-order valence-corrected chi connectivity index (χ2v) is 6.81. The number of nitrogens with one attached hydrogen (secondary N) is 2. The van der Waals surface area contributed by atoms with E-state index in [2.05, 4.69) is 45.1 Å². The van der Waals surface area contributed by atoms with E-state index in [0.29, 0.717) is 5.92 Å². The zero-order chi connectivity index (χ0) is 16.3. The smallest absolute Gasteiger partial charge is 0.282 e. The summed E-state index contributed by atoms with van der Waals surface area (Å²) in [5, 5.41) is 3.03. The number of carbonyl (C=O) groups excluding carboxylic acids is 1. The van der Waals surface area contributed by atoms with Crippen molar-refractivity contribution in [1.29, 1.82) is 0 Å². The minimum Gasteiger partial charge on any atom is -0.364 e. The van der Waals surface area contributed by atoms with Crippen LogP contribution in [0.4, 0.5) is 5.69 Å². The Morgan fingerprint density at radius 2 is 1.68 bits per heavy atom. The van der Waals surface area contributed by atoms with Gasteiger partial charge in [-0.05, 0) is 44.4 Å². The van der Waals surface area contributed by atoms with Crippen LogP contribution in [0.1, 0.15) is 46.1 Å². The van der Waals surface area contributed by atoms with E-state index in [9.17, 15) is 4.79 Å². The summed E-state index contributed by atoms with van der Waals surface area (Å²) in [4.78, 5) is 13.8. The predicted molar refractivity (Wildman–Crippen MR) is 89.3 cm³/mol. The summed E-state index contributed by atoms with van der Waals surface area (Å²) < 4.78 is 5.75. The lowest BCUT2D eigenvalue weighted by Crippen LogP contribution is -3.19. The van der Waals surface area contributed by atoms with Crippen molar-refractivity contribution in [3.63, 3.8) is 0 Å². The Morgan fingerprint density at radius 1 is 1.14 bits per heavy atom. The Bertz CT molecular complexity index is 488. The maximum atomic E-state index is 12.5. The molecule has 22 heavy (non-hydrogen) atoms. The molecule has 4 heteroatoms. The van der Waals surface area contributed by atoms with Crippen molar-refractivity contribution >= 4 is 11.6 Å². The Morgan fingerprint density at radius 3 is 2.18 bits per heavy atom. The number of quaternary nitrogens is 1. The molecule has 1 aromatic carbocycles. The fourth-order valence-corrected chi connectivity index (χ4v) is 3.06. The van der Waals surface area contributed by atoms with Crippen LogP contribution in [0.2, 0.25) is 0 Å². The summed E-state index contributed by atoms with van der Waals surface area (Å²) in [6.45, 7) is 12.2. The minimum atomic E-state index is -0.0708. The summed E-state index contributed by atoms with van der Waals surface area (Å²) in [7, 11) is 0. The minimum absolute atomic E-state index is 0.0708. The molecule has 1 aliphatic heterocycles. The molecule has 2 rings (SSSR count). The first kappa shape index (κ1) is 17.0. The Labute approximate surface area is 133 Å². The summed E-state index contributed by atoms with van der Waals surface area (Å²) >= 11 is 0. The molecule has 0 bridgehead atoms. The van der Waals surface area contributed by atoms with Gasteiger partial charge in [0.05, 0.1) is 0 Å². The van der Waals surface area contributed by atoms with Gasteiger partial charge in [0.25, 0.3) is 5.91 Å². The molecule has 1 aromatic rings. The molecular formula is C18H29N2O2+. The van der Waals surface area contributed by atoms with E-state index >= 15 is 0 Å². The van der Waals surface area contributed by atoms with Crippen LogP contribution in [-0.2, 0) is 9.53 Å². The van der Waals surface area contributed by atoms with Gasteiger partial charge in [-0.2, -0.15) is 0 Å². The molecule has 4 nitrogen and oxygen atoms in total. The molecule has 1 unspecified atom stereocenters. The monoisotopic (exact) mass is 305 g/mol. The van der Waals surface area contributed by atoms with Crippen LogP contribution in [0.15, 0.2) is 24.3 Å². The van der Waals surface area contributed by atoms with E-state index in [1.807, 2.05) is 19.1 Å². The second-order valence-electron chi connectivity index (χ2n) is 6.81. The quantitative estimate of drug-likeness (QED) is 0.891. The lowest BCUT2D eigenvalue weighted by molar-refractivity contribution is -0.928. The highest BCUT2D eigenvalue weighted by Gasteiger charge is 2.32. The Kier molecular flexibility index (Phi) is 5.59. The number of ether oxygens (including phenoxy) is 1. The Balaban J connectivity index is 1.96. The molecule has 122 valence electrons. The van der Waals surface area contributed by atoms with Gasteiger partial charge in [0.1, 0.15) is 25.3 Å². The van der Waals surface area contributed by atoms with Crippen molar-refractivity contribution < 1.29 is 14.4 Å². The second kappa shape index (κ2) is 7.25. The lowest BCUT2D eigenvalue weighted by atomic mass is 10.0. The number of morpholine rings is 1. The molecule has 2 N–H and O–H groups in total. The van der Waals surface area contributed by atoms with Crippen LogP contribution in [0, 0.1) is 0 Å². The molecule has 1 heterocycles. The van der Waals surface area contributed by atoms with Crippen molar-refractivity contribution in [1.82, 2.24) is 0 Å². The third kappa shape index (κ3) is 4.31. The van der Waals surface area contributed by atoms with Crippen molar-refractivity contribution in [3.05, 3.63) is 29.8 Å². The summed E-state index contributed by atoms with van der Waals surface area (Å²) in [5.74, 6) is 0.582. The topological polar surface area (TPSA) is 42.8 Å². The number of rotatable bonds is 4. The SMILES string of the molecule is CC(C)c1ccc(NC(=O)[C@H](C)[NH+]2C[C@@H](C)O[C@@H](C)C2)cc1. The van der Waals surface area contributed by atoms with E-state index in [0.717, 1.165) is 18.8 Å². The molecule has 1 aliphatic rings. The highest BCUT2D eigenvalue weighted by molar-refractivity contribution is 5.93. The van der Waals surface area contributed by atoms with Crippen molar-refractivity contribution in [3.8, 4) is 0 Å². The number of amides is 1. The highest BCUT2D eigenvalue weighted by atomic mass is 16.5. The summed E-state index contributed by atoms with van der Waals surface area (Å²) in [6, 6.07) is 8.06. The average Bonchev–Trinajstić information content (AvgIpc) is 2.46. The van der Waals surface area contributed by atoms with E-state index in [-0.39, 0.29) is 24.2 Å². The van der Waals surface area contributed by atoms with Crippen LogP contribution in [0.5, 0.6) is 0 Å². The van der Waals surface area contributed by atoms with Gasteiger partial charge in [0, 0.05) is 5.69 Å². The van der Waals surface area contributed by atoms with Crippen LogP contribution < -0.4 is 10.2 Å². The van der Waals surface area contributed by atoms with Gasteiger partial charge >= 0.3 is 0 Å². The van der Waals surface area contributed by atoms with Gasteiger partial charge in [-0.15, -0.1) is 0 Å². The van der Waals surface area contributed by atoms with Crippen LogP contribution in [0.25, 0.3) is 0 Å². The molecule has 0 aromatic heterocycles. The molecule has 1 saturated heterocycles. The average molecular weight is 305 g/mol. The van der Waals surface area contributed by atoms with Gasteiger partial charge in [0.15, 0.2) is 6.04 Å². The zero-order valence-corrected chi connectivity index (χ0v) is 14.3. The molecule has 0 spiro atoms. The van der Waals surface area contributed by atoms with Gasteiger partial charge in [0.2, 0.25) is 0 Å². The molecule has 0 saturated carbocycles. The van der Waals surface area contributed by atoms with Crippen LogP contribution in [-0.4, -0.2) is 37.2 Å². The van der Waals surface area contributed by atoms with E-state index in [1.54, 1.807) is 0 Å². The van der Waals surface area contributed by atoms with Gasteiger partial charge in [-0.25, -0.2) is 0 Å². The number of benzene rings is 1. The standard InChI is InChI=1S/C18H28N2O2/c1-12(2)16-6-8-17(9-7-16)19-18(21)15(5)20-10-13(3)22-14(4)11-20/h6-9,12-15H,10-11H2,1-5H3,(H,19,21)/p+1/t13-,14+,15-/m0/s1. The normalized spacial score (nSPS) is 26.7. The third-order valence-electron chi connectivity index (χ3n) is 4.41. The first-order valence-corrected chi connectivity index (χ1v) is 8.27. The number of carbonyl (C=O) groups is 1. The van der Waals surface area contributed by atoms with E-state index in [4.69, 9.17) is 4.74 Å². The van der Waals surface area contributed by atoms with Crippen molar-refractivity contribution in [2.75, 3.05) is 18.4 Å². The van der Waals surface area contributed by atoms with E-state index < -0.39 is 0 Å². The van der Waals surface area contributed by atoms with Crippen molar-refractivity contribution in [2.24, 2.45) is 0 Å². The molecule has 0 aliphatic carbocycles. The highest BCUT2D eigenvalue weighted by Crippen LogP contribution is 2.17. The number of hydrogen-bond acceptors (Lipinski definition) is 2. The van der Waals surface area contributed by atoms with Crippen LogP contribution in [0.3, 0.4) is 0 Å². The van der Waals surface area contributed by atoms with E-state index in [1.165, 1.54) is 10.5 Å². The lowest BCUT2D eigenvalue weighted by Gasteiger charge is -2.35.